The zero-order valence-corrected chi connectivity index (χ0v) is 10.3. The number of nitrogen functional groups attached to an aromatic ring is 1. The highest BCUT2D eigenvalue weighted by Gasteiger charge is 2.14. The summed E-state index contributed by atoms with van der Waals surface area (Å²) in [7, 11) is 0. The third-order valence-corrected chi connectivity index (χ3v) is 3.10. The molecule has 3 aromatic heterocycles. The van der Waals surface area contributed by atoms with Gasteiger partial charge in [-0.3, -0.25) is 4.98 Å². The van der Waals surface area contributed by atoms with Gasteiger partial charge >= 0.3 is 0 Å². The molecule has 0 saturated carbocycles. The smallest absolute Gasteiger partial charge is 0.277 e. The summed E-state index contributed by atoms with van der Waals surface area (Å²) in [5.74, 6) is 0.894. The topological polar surface area (TPSA) is 90.7 Å². The largest absolute Gasteiger partial charge is 0.375 e. The molecule has 90 valence electrons. The van der Waals surface area contributed by atoms with Gasteiger partial charge in [0.1, 0.15) is 5.69 Å². The highest BCUT2D eigenvalue weighted by Crippen LogP contribution is 2.25. The van der Waals surface area contributed by atoms with Gasteiger partial charge in [0.15, 0.2) is 5.13 Å². The molecule has 0 radical (unpaired) electrons. The average Bonchev–Trinajstić information content (AvgIpc) is 2.98. The van der Waals surface area contributed by atoms with E-state index in [0.717, 1.165) is 11.1 Å². The van der Waals surface area contributed by atoms with Crippen LogP contribution >= 0.6 is 11.3 Å². The van der Waals surface area contributed by atoms with E-state index in [1.54, 1.807) is 17.8 Å². The molecular weight excluding hydrogens is 250 g/mol. The summed E-state index contributed by atoms with van der Waals surface area (Å²) in [5.41, 5.74) is 8.05. The van der Waals surface area contributed by atoms with Gasteiger partial charge < -0.3 is 10.3 Å². The van der Waals surface area contributed by atoms with Crippen molar-refractivity contribution in [2.75, 3.05) is 5.73 Å². The normalized spacial score (nSPS) is 10.7. The Kier molecular flexibility index (Phi) is 2.52. The Hall–Kier alpha value is -2.28. The van der Waals surface area contributed by atoms with Crippen molar-refractivity contribution in [1.29, 1.82) is 0 Å². The third-order valence-electron chi connectivity index (χ3n) is 2.43. The van der Waals surface area contributed by atoms with E-state index in [1.165, 1.54) is 11.3 Å². The molecule has 6 nitrogen and oxygen atoms in total. The number of rotatable bonds is 2. The standard InChI is InChI=1S/C11H9N5OS/c1-6-4-13-3-2-7(6)9-15-10(17-16-9)8-5-18-11(12)14-8/h2-5H,1H3,(H2,12,14). The van der Waals surface area contributed by atoms with Gasteiger partial charge in [-0.15, -0.1) is 11.3 Å². The lowest BCUT2D eigenvalue weighted by atomic mass is 10.1. The minimum Gasteiger partial charge on any atom is -0.375 e. The fraction of sp³-hybridized carbons (Fsp3) is 0.0909. The van der Waals surface area contributed by atoms with Gasteiger partial charge in [-0.2, -0.15) is 4.98 Å². The molecule has 3 rings (SSSR count). The summed E-state index contributed by atoms with van der Waals surface area (Å²) in [5, 5.41) is 6.20. The van der Waals surface area contributed by atoms with Gasteiger partial charge in [-0.1, -0.05) is 5.16 Å². The molecular formula is C11H9N5OS. The quantitative estimate of drug-likeness (QED) is 0.758. The molecule has 0 aliphatic carbocycles. The Morgan fingerprint density at radius 3 is 2.94 bits per heavy atom. The highest BCUT2D eigenvalue weighted by molar-refractivity contribution is 7.13. The van der Waals surface area contributed by atoms with Gasteiger partial charge in [0.2, 0.25) is 5.82 Å². The first kappa shape index (κ1) is 10.8. The Morgan fingerprint density at radius 1 is 1.33 bits per heavy atom. The molecule has 0 bridgehead atoms. The van der Waals surface area contributed by atoms with Crippen LogP contribution in [0.1, 0.15) is 5.56 Å². The van der Waals surface area contributed by atoms with E-state index in [0.29, 0.717) is 22.5 Å². The van der Waals surface area contributed by atoms with Gasteiger partial charge in [0, 0.05) is 23.3 Å². The maximum atomic E-state index is 5.57. The van der Waals surface area contributed by atoms with Crippen LogP contribution in [0.25, 0.3) is 23.0 Å². The third kappa shape index (κ3) is 1.84. The Bertz CT molecular complexity index is 690. The summed E-state index contributed by atoms with van der Waals surface area (Å²) in [6.45, 7) is 1.94. The Morgan fingerprint density at radius 2 is 2.22 bits per heavy atom. The van der Waals surface area contributed by atoms with Crippen LogP contribution in [0, 0.1) is 6.92 Å². The van der Waals surface area contributed by atoms with E-state index in [4.69, 9.17) is 10.3 Å². The zero-order chi connectivity index (χ0) is 12.5. The number of nitrogens with zero attached hydrogens (tertiary/aromatic N) is 4. The first-order valence-electron chi connectivity index (χ1n) is 5.20. The van der Waals surface area contributed by atoms with Crippen LogP contribution < -0.4 is 5.73 Å². The number of hydrogen-bond donors (Lipinski definition) is 1. The molecule has 3 heterocycles. The molecule has 0 spiro atoms. The van der Waals surface area contributed by atoms with Gasteiger partial charge in [0.05, 0.1) is 0 Å². The minimum absolute atomic E-state index is 0.370. The van der Waals surface area contributed by atoms with Crippen molar-refractivity contribution in [1.82, 2.24) is 20.1 Å². The van der Waals surface area contributed by atoms with Crippen LogP contribution in [0.4, 0.5) is 5.13 Å². The van der Waals surface area contributed by atoms with E-state index in [1.807, 2.05) is 13.0 Å². The molecule has 0 atom stereocenters. The van der Waals surface area contributed by atoms with Crippen LogP contribution in [0.3, 0.4) is 0 Å². The summed E-state index contributed by atoms with van der Waals surface area (Å²) in [4.78, 5) is 12.4. The number of thiazole rings is 1. The van der Waals surface area contributed by atoms with E-state index < -0.39 is 0 Å². The summed E-state index contributed by atoms with van der Waals surface area (Å²) in [6, 6.07) is 1.85. The maximum Gasteiger partial charge on any atom is 0.277 e. The predicted molar refractivity (Wildman–Crippen MR) is 67.8 cm³/mol. The molecule has 2 N–H and O–H groups in total. The maximum absolute atomic E-state index is 5.57. The summed E-state index contributed by atoms with van der Waals surface area (Å²) >= 11 is 1.34. The first-order valence-corrected chi connectivity index (χ1v) is 6.08. The number of nitrogens with two attached hydrogens (primary N) is 1. The minimum atomic E-state index is 0.370. The highest BCUT2D eigenvalue weighted by atomic mass is 32.1. The Balaban J connectivity index is 2.02. The molecule has 18 heavy (non-hydrogen) atoms. The summed E-state index contributed by atoms with van der Waals surface area (Å²) < 4.78 is 5.18. The lowest BCUT2D eigenvalue weighted by Gasteiger charge is -1.97. The second-order valence-electron chi connectivity index (χ2n) is 3.68. The van der Waals surface area contributed by atoms with Crippen molar-refractivity contribution in [3.8, 4) is 23.0 Å². The van der Waals surface area contributed by atoms with Crippen molar-refractivity contribution in [3.63, 3.8) is 0 Å². The van der Waals surface area contributed by atoms with Crippen LogP contribution in [0.5, 0.6) is 0 Å². The first-order chi connectivity index (χ1) is 8.74. The number of hydrogen-bond acceptors (Lipinski definition) is 7. The SMILES string of the molecule is Cc1cnccc1-c1noc(-c2csc(N)n2)n1. The van der Waals surface area contributed by atoms with E-state index in [2.05, 4.69) is 20.1 Å². The second kappa shape index (κ2) is 4.19. The molecule has 0 aliphatic heterocycles. The molecule has 0 unspecified atom stereocenters. The van der Waals surface area contributed by atoms with Gasteiger partial charge in [-0.05, 0) is 18.6 Å². The number of aromatic nitrogens is 4. The molecule has 0 saturated heterocycles. The fourth-order valence-electron chi connectivity index (χ4n) is 1.55. The predicted octanol–water partition coefficient (Wildman–Crippen LogP) is 2.15. The van der Waals surface area contributed by atoms with Crippen molar-refractivity contribution >= 4 is 16.5 Å². The lowest BCUT2D eigenvalue weighted by molar-refractivity contribution is 0.431. The zero-order valence-electron chi connectivity index (χ0n) is 9.49. The van der Waals surface area contributed by atoms with E-state index >= 15 is 0 Å². The van der Waals surface area contributed by atoms with Crippen molar-refractivity contribution < 1.29 is 4.52 Å². The second-order valence-corrected chi connectivity index (χ2v) is 4.57. The van der Waals surface area contributed by atoms with Crippen molar-refractivity contribution in [2.24, 2.45) is 0 Å². The van der Waals surface area contributed by atoms with Crippen molar-refractivity contribution in [3.05, 3.63) is 29.4 Å². The number of anilines is 1. The van der Waals surface area contributed by atoms with Crippen molar-refractivity contribution in [2.45, 2.75) is 6.92 Å². The van der Waals surface area contributed by atoms with Gasteiger partial charge in [0.25, 0.3) is 5.89 Å². The Labute approximate surface area is 107 Å². The lowest BCUT2D eigenvalue weighted by Crippen LogP contribution is -1.87. The fourth-order valence-corrected chi connectivity index (χ4v) is 2.08. The van der Waals surface area contributed by atoms with Crippen LogP contribution in [0.15, 0.2) is 28.4 Å². The molecule has 0 fully saturated rings. The van der Waals surface area contributed by atoms with E-state index in [-0.39, 0.29) is 0 Å². The van der Waals surface area contributed by atoms with E-state index in [9.17, 15) is 0 Å². The monoisotopic (exact) mass is 259 g/mol. The summed E-state index contributed by atoms with van der Waals surface area (Å²) in [6.07, 6.45) is 3.45. The van der Waals surface area contributed by atoms with Crippen LogP contribution in [-0.2, 0) is 0 Å². The molecule has 3 aromatic rings. The molecule has 0 aliphatic rings. The van der Waals surface area contributed by atoms with Crippen LogP contribution in [0.2, 0.25) is 0 Å². The number of aryl methyl sites for hydroxylation is 1. The van der Waals surface area contributed by atoms with Crippen LogP contribution in [-0.4, -0.2) is 20.1 Å². The average molecular weight is 259 g/mol. The van der Waals surface area contributed by atoms with Gasteiger partial charge in [-0.25, -0.2) is 4.98 Å². The molecule has 0 aromatic carbocycles. The molecule has 0 amide bonds. The number of pyridine rings is 1. The molecule has 7 heteroatoms.